The van der Waals surface area contributed by atoms with Crippen LogP contribution in [0.25, 0.3) is 0 Å². The number of nitrogens with zero attached hydrogens (tertiary/aromatic N) is 2. The molecule has 1 atom stereocenters. The van der Waals surface area contributed by atoms with Crippen molar-refractivity contribution in [1.82, 2.24) is 9.80 Å². The number of carbonyl (C=O) groups is 1. The Morgan fingerprint density at radius 3 is 2.58 bits per heavy atom. The zero-order valence-corrected chi connectivity index (χ0v) is 14.7. The van der Waals surface area contributed by atoms with Gasteiger partial charge in [0.25, 0.3) is 6.47 Å². The zero-order valence-electron chi connectivity index (χ0n) is 14.7. The van der Waals surface area contributed by atoms with Crippen LogP contribution in [0.4, 0.5) is 0 Å². The lowest BCUT2D eigenvalue weighted by Crippen LogP contribution is -2.28. The first-order valence-electron chi connectivity index (χ1n) is 8.60. The Morgan fingerprint density at radius 1 is 1.29 bits per heavy atom. The molecule has 1 aromatic rings. The first-order chi connectivity index (χ1) is 11.6. The standard InChI is InChI=1S/C17H28N2O2.CH2O2/c1-3-4-5-6-7-8-11-19-14-18(2)13-15(19)17(20)16-10-9-12-21-16;2-1-3/h9-10,12-13,17,20H,3-8,11,14H2,1-2H3;1H,(H,2,3). The molecule has 1 aliphatic heterocycles. The van der Waals surface area contributed by atoms with Gasteiger partial charge < -0.3 is 24.4 Å². The third kappa shape index (κ3) is 6.66. The lowest BCUT2D eigenvalue weighted by Gasteiger charge is -2.24. The summed E-state index contributed by atoms with van der Waals surface area (Å²) >= 11 is 0. The summed E-state index contributed by atoms with van der Waals surface area (Å²) in [5.41, 5.74) is 0.945. The lowest BCUT2D eigenvalue weighted by atomic mass is 10.1. The van der Waals surface area contributed by atoms with Crippen molar-refractivity contribution in [2.45, 2.75) is 51.6 Å². The van der Waals surface area contributed by atoms with Crippen molar-refractivity contribution in [3.8, 4) is 0 Å². The summed E-state index contributed by atoms with van der Waals surface area (Å²) < 4.78 is 5.33. The Labute approximate surface area is 144 Å². The highest BCUT2D eigenvalue weighted by Crippen LogP contribution is 2.29. The fourth-order valence-electron chi connectivity index (χ4n) is 2.82. The topological polar surface area (TPSA) is 77.2 Å². The highest BCUT2D eigenvalue weighted by molar-refractivity contribution is 5.32. The van der Waals surface area contributed by atoms with Gasteiger partial charge in [0.2, 0.25) is 0 Å². The summed E-state index contributed by atoms with van der Waals surface area (Å²) in [4.78, 5) is 12.7. The summed E-state index contributed by atoms with van der Waals surface area (Å²) in [5, 5.41) is 17.3. The molecule has 1 aliphatic rings. The molecule has 136 valence electrons. The van der Waals surface area contributed by atoms with Gasteiger partial charge in [-0.3, -0.25) is 4.79 Å². The van der Waals surface area contributed by atoms with E-state index in [0.717, 1.165) is 18.9 Å². The molecule has 1 unspecified atom stereocenters. The van der Waals surface area contributed by atoms with E-state index >= 15 is 0 Å². The van der Waals surface area contributed by atoms with Crippen molar-refractivity contribution in [3.63, 3.8) is 0 Å². The number of aliphatic hydroxyl groups excluding tert-OH is 1. The summed E-state index contributed by atoms with van der Waals surface area (Å²) in [6.45, 7) is 3.84. The molecular formula is C18H30N2O4. The molecule has 0 saturated heterocycles. The van der Waals surface area contributed by atoms with Crippen LogP contribution in [0.2, 0.25) is 0 Å². The van der Waals surface area contributed by atoms with Crippen LogP contribution in [0.15, 0.2) is 34.7 Å². The maximum absolute atomic E-state index is 10.4. The van der Waals surface area contributed by atoms with Gasteiger partial charge in [-0.15, -0.1) is 0 Å². The third-order valence-corrected chi connectivity index (χ3v) is 3.99. The highest BCUT2D eigenvalue weighted by atomic mass is 16.4. The Hall–Kier alpha value is -1.95. The minimum atomic E-state index is -0.662. The summed E-state index contributed by atoms with van der Waals surface area (Å²) in [5.74, 6) is 0.615. The molecule has 6 heteroatoms. The highest BCUT2D eigenvalue weighted by Gasteiger charge is 2.26. The molecule has 0 fully saturated rings. The fraction of sp³-hybridized carbons (Fsp3) is 0.611. The Balaban J connectivity index is 0.000000891. The van der Waals surface area contributed by atoms with Crippen molar-refractivity contribution >= 4 is 6.47 Å². The molecule has 0 radical (unpaired) electrons. The van der Waals surface area contributed by atoms with E-state index in [1.165, 1.54) is 38.5 Å². The maximum atomic E-state index is 10.4. The van der Waals surface area contributed by atoms with Gasteiger partial charge in [0.05, 0.1) is 18.6 Å². The van der Waals surface area contributed by atoms with Crippen molar-refractivity contribution < 1.29 is 19.4 Å². The van der Waals surface area contributed by atoms with E-state index in [4.69, 9.17) is 14.3 Å². The van der Waals surface area contributed by atoms with Crippen LogP contribution < -0.4 is 0 Å². The minimum absolute atomic E-state index is 0.250. The molecule has 6 nitrogen and oxygen atoms in total. The quantitative estimate of drug-likeness (QED) is 0.531. The van der Waals surface area contributed by atoms with Crippen molar-refractivity contribution in [2.75, 3.05) is 20.3 Å². The molecule has 24 heavy (non-hydrogen) atoms. The molecule has 0 spiro atoms. The van der Waals surface area contributed by atoms with E-state index < -0.39 is 6.10 Å². The van der Waals surface area contributed by atoms with Crippen LogP contribution in [0.5, 0.6) is 0 Å². The van der Waals surface area contributed by atoms with Crippen LogP contribution in [0.1, 0.15) is 57.3 Å². The number of aliphatic hydroxyl groups is 1. The molecule has 0 saturated carbocycles. The number of hydrogen-bond donors (Lipinski definition) is 2. The molecule has 2 heterocycles. The van der Waals surface area contributed by atoms with E-state index in [0.29, 0.717) is 5.76 Å². The zero-order chi connectivity index (χ0) is 17.8. The number of rotatable bonds is 9. The van der Waals surface area contributed by atoms with Crippen molar-refractivity contribution in [2.24, 2.45) is 0 Å². The second-order valence-electron chi connectivity index (χ2n) is 6.01. The second kappa shape index (κ2) is 11.6. The van der Waals surface area contributed by atoms with E-state index in [1.54, 1.807) is 6.26 Å². The van der Waals surface area contributed by atoms with E-state index in [1.807, 2.05) is 25.4 Å². The minimum Gasteiger partial charge on any atom is -0.483 e. The number of carboxylic acid groups (broad SMARTS) is 1. The third-order valence-electron chi connectivity index (χ3n) is 3.99. The molecule has 2 rings (SSSR count). The van der Waals surface area contributed by atoms with Gasteiger partial charge >= 0.3 is 0 Å². The Morgan fingerprint density at radius 2 is 1.96 bits per heavy atom. The number of hydrogen-bond acceptors (Lipinski definition) is 5. The van der Waals surface area contributed by atoms with Crippen molar-refractivity contribution in [3.05, 3.63) is 36.1 Å². The van der Waals surface area contributed by atoms with E-state index in [-0.39, 0.29) is 6.47 Å². The molecule has 1 aromatic heterocycles. The van der Waals surface area contributed by atoms with Gasteiger partial charge in [-0.25, -0.2) is 0 Å². The van der Waals surface area contributed by atoms with Gasteiger partial charge in [0.1, 0.15) is 5.76 Å². The summed E-state index contributed by atoms with van der Waals surface area (Å²) in [6, 6.07) is 3.64. The SMILES string of the molecule is CCCCCCCCN1CN(C)C=C1C(O)c1ccco1.O=CO. The van der Waals surface area contributed by atoms with Crippen LogP contribution in [-0.4, -0.2) is 46.7 Å². The van der Waals surface area contributed by atoms with Gasteiger partial charge in [0, 0.05) is 19.8 Å². The van der Waals surface area contributed by atoms with Crippen molar-refractivity contribution in [1.29, 1.82) is 0 Å². The lowest BCUT2D eigenvalue weighted by molar-refractivity contribution is -0.122. The van der Waals surface area contributed by atoms with E-state index in [2.05, 4.69) is 16.7 Å². The van der Waals surface area contributed by atoms with Gasteiger partial charge in [0.15, 0.2) is 6.10 Å². The Bertz CT molecular complexity index is 473. The average molecular weight is 338 g/mol. The average Bonchev–Trinajstić information content (AvgIpc) is 3.20. The molecule has 0 amide bonds. The van der Waals surface area contributed by atoms with E-state index in [9.17, 15) is 5.11 Å². The van der Waals surface area contributed by atoms with Crippen LogP contribution in [0, 0.1) is 0 Å². The second-order valence-corrected chi connectivity index (χ2v) is 6.01. The molecule has 0 aromatic carbocycles. The summed E-state index contributed by atoms with van der Waals surface area (Å²) in [6.07, 6.45) is 10.7. The normalized spacial score (nSPS) is 14.9. The Kier molecular flexibility index (Phi) is 9.68. The number of furan rings is 1. The van der Waals surface area contributed by atoms with Crippen LogP contribution in [0.3, 0.4) is 0 Å². The number of unbranched alkanes of at least 4 members (excludes halogenated alkanes) is 5. The first-order valence-corrected chi connectivity index (χ1v) is 8.60. The van der Waals surface area contributed by atoms with Gasteiger partial charge in [-0.2, -0.15) is 0 Å². The fourth-order valence-corrected chi connectivity index (χ4v) is 2.82. The largest absolute Gasteiger partial charge is 0.483 e. The molecule has 2 N–H and O–H groups in total. The first kappa shape index (κ1) is 20.1. The van der Waals surface area contributed by atoms with Gasteiger partial charge in [-0.05, 0) is 18.6 Å². The monoisotopic (exact) mass is 338 g/mol. The predicted octanol–water partition coefficient (Wildman–Crippen LogP) is 3.42. The molecule has 0 bridgehead atoms. The summed E-state index contributed by atoms with van der Waals surface area (Å²) in [7, 11) is 2.04. The van der Waals surface area contributed by atoms with Crippen LogP contribution >= 0.6 is 0 Å². The van der Waals surface area contributed by atoms with Crippen LogP contribution in [-0.2, 0) is 4.79 Å². The maximum Gasteiger partial charge on any atom is 0.290 e. The molecular weight excluding hydrogens is 308 g/mol. The van der Waals surface area contributed by atoms with Gasteiger partial charge in [-0.1, -0.05) is 39.0 Å². The predicted molar refractivity (Wildman–Crippen MR) is 93.2 cm³/mol. The molecule has 0 aliphatic carbocycles. The smallest absolute Gasteiger partial charge is 0.290 e.